The first-order valence-corrected chi connectivity index (χ1v) is 13.6. The molecule has 0 aliphatic carbocycles. The van der Waals surface area contributed by atoms with Crippen molar-refractivity contribution < 1.29 is 13.2 Å². The van der Waals surface area contributed by atoms with E-state index < -0.39 is 15.6 Å². The molecule has 1 fully saturated rings. The minimum Gasteiger partial charge on any atom is -0.384 e. The Morgan fingerprint density at radius 3 is 2.28 bits per heavy atom. The molecule has 0 amide bonds. The van der Waals surface area contributed by atoms with Crippen LogP contribution in [0.1, 0.15) is 39.2 Å². The van der Waals surface area contributed by atoms with E-state index in [0.717, 1.165) is 29.8 Å². The van der Waals surface area contributed by atoms with Gasteiger partial charge < -0.3 is 15.4 Å². The zero-order chi connectivity index (χ0) is 25.9. The Morgan fingerprint density at radius 1 is 0.972 bits per heavy atom. The predicted molar refractivity (Wildman–Crippen MR) is 145 cm³/mol. The molecule has 4 N–H and O–H groups in total. The minimum atomic E-state index is -3.70. The van der Waals surface area contributed by atoms with E-state index in [2.05, 4.69) is 9.62 Å². The average molecular weight is 507 g/mol. The number of sulfonamides is 1. The molecule has 190 valence electrons. The Bertz CT molecular complexity index is 1330. The van der Waals surface area contributed by atoms with Crippen molar-refractivity contribution >= 4 is 27.2 Å². The van der Waals surface area contributed by atoms with Gasteiger partial charge in [0.15, 0.2) is 0 Å². The summed E-state index contributed by atoms with van der Waals surface area (Å²) in [6.45, 7) is 6.87. The first kappa shape index (κ1) is 25.9. The molecule has 3 aromatic rings. The zero-order valence-corrected chi connectivity index (χ0v) is 21.8. The summed E-state index contributed by atoms with van der Waals surface area (Å²) in [6.07, 6.45) is 1.76. The van der Waals surface area contributed by atoms with Gasteiger partial charge in [-0.3, -0.25) is 5.41 Å². The third kappa shape index (κ3) is 5.95. The van der Waals surface area contributed by atoms with E-state index >= 15 is 0 Å². The number of rotatable bonds is 7. The van der Waals surface area contributed by atoms with Crippen LogP contribution in [0.5, 0.6) is 0 Å². The van der Waals surface area contributed by atoms with E-state index in [4.69, 9.17) is 15.9 Å². The van der Waals surface area contributed by atoms with Crippen LogP contribution in [0.2, 0.25) is 0 Å². The van der Waals surface area contributed by atoms with Crippen LogP contribution in [0.15, 0.2) is 77.7 Å². The highest BCUT2D eigenvalue weighted by atomic mass is 32.2. The van der Waals surface area contributed by atoms with E-state index in [1.165, 1.54) is 0 Å². The molecule has 0 radical (unpaired) electrons. The van der Waals surface area contributed by atoms with Gasteiger partial charge >= 0.3 is 0 Å². The Balaban J connectivity index is 1.73. The molecule has 3 aromatic carbocycles. The number of ether oxygens (including phenoxy) is 1. The van der Waals surface area contributed by atoms with Crippen LogP contribution < -0.4 is 15.4 Å². The van der Waals surface area contributed by atoms with Gasteiger partial charge in [0.25, 0.3) is 0 Å². The van der Waals surface area contributed by atoms with Gasteiger partial charge in [0.2, 0.25) is 10.0 Å². The van der Waals surface area contributed by atoms with E-state index in [1.54, 1.807) is 12.1 Å². The monoisotopic (exact) mass is 506 g/mol. The molecule has 36 heavy (non-hydrogen) atoms. The van der Waals surface area contributed by atoms with Crippen LogP contribution in [-0.2, 0) is 14.8 Å². The van der Waals surface area contributed by atoms with Crippen molar-refractivity contribution in [2.45, 2.75) is 50.1 Å². The second-order valence-corrected chi connectivity index (χ2v) is 11.7. The summed E-state index contributed by atoms with van der Waals surface area (Å²) in [5.74, 6) is 0.0285. The maximum Gasteiger partial charge on any atom is 0.241 e. The molecule has 1 aliphatic heterocycles. The van der Waals surface area contributed by atoms with Crippen molar-refractivity contribution in [3.63, 3.8) is 0 Å². The number of nitrogen functional groups attached to an aromatic ring is 1. The first-order valence-electron chi connectivity index (χ1n) is 12.1. The highest BCUT2D eigenvalue weighted by molar-refractivity contribution is 7.89. The molecule has 1 saturated heterocycles. The molecular weight excluding hydrogens is 472 g/mol. The Morgan fingerprint density at radius 2 is 1.64 bits per heavy atom. The number of hydrogen-bond acceptors (Lipinski definition) is 5. The van der Waals surface area contributed by atoms with Gasteiger partial charge in [0.1, 0.15) is 5.84 Å². The van der Waals surface area contributed by atoms with Crippen LogP contribution in [0.25, 0.3) is 11.1 Å². The lowest BCUT2D eigenvalue weighted by molar-refractivity contribution is 0.0865. The Kier molecular flexibility index (Phi) is 7.49. The van der Waals surface area contributed by atoms with E-state index in [9.17, 15) is 8.42 Å². The van der Waals surface area contributed by atoms with Crippen LogP contribution in [-0.4, -0.2) is 39.0 Å². The number of nitrogens with two attached hydrogens (primary N) is 1. The molecule has 7 nitrogen and oxygen atoms in total. The topological polar surface area (TPSA) is 109 Å². The molecule has 8 heteroatoms. The maximum atomic E-state index is 13.1. The highest BCUT2D eigenvalue weighted by Crippen LogP contribution is 2.35. The number of nitrogens with zero attached hydrogens (tertiary/aromatic N) is 1. The van der Waals surface area contributed by atoms with E-state index in [1.807, 2.05) is 81.4 Å². The Labute approximate surface area is 213 Å². The second kappa shape index (κ2) is 10.4. The van der Waals surface area contributed by atoms with Gasteiger partial charge in [-0.25, -0.2) is 13.1 Å². The van der Waals surface area contributed by atoms with Crippen LogP contribution in [0.3, 0.4) is 0 Å². The maximum absolute atomic E-state index is 13.1. The van der Waals surface area contributed by atoms with Crippen molar-refractivity contribution in [1.82, 2.24) is 4.72 Å². The standard InChI is InChI=1S/C28H34N4O3S/c1-28(2,3)31-36(33,34)26-10-5-4-9-25(26)20-11-13-22(14-12-20)32(23-15-17-35-18-16-23)24-8-6-7-21(19-24)27(29)30/h4-14,19,23,31H,15-18H2,1-3H3,(H3,29,30). The number of amidine groups is 1. The van der Waals surface area contributed by atoms with Gasteiger partial charge in [0.05, 0.1) is 4.90 Å². The van der Waals surface area contributed by atoms with Crippen molar-refractivity contribution in [1.29, 1.82) is 5.41 Å². The van der Waals surface area contributed by atoms with Crippen LogP contribution in [0, 0.1) is 5.41 Å². The quantitative estimate of drug-likeness (QED) is 0.308. The Hall–Kier alpha value is -3.20. The fraction of sp³-hybridized carbons (Fsp3) is 0.321. The van der Waals surface area contributed by atoms with Crippen molar-refractivity contribution in [2.75, 3.05) is 18.1 Å². The molecule has 1 aliphatic rings. The summed E-state index contributed by atoms with van der Waals surface area (Å²) in [5.41, 5.74) is 9.26. The van der Waals surface area contributed by atoms with Gasteiger partial charge in [0, 0.05) is 47.3 Å². The van der Waals surface area contributed by atoms with Crippen molar-refractivity contribution in [3.8, 4) is 11.1 Å². The second-order valence-electron chi connectivity index (χ2n) is 10.1. The van der Waals surface area contributed by atoms with Gasteiger partial charge in [-0.05, 0) is 69.5 Å². The summed E-state index contributed by atoms with van der Waals surface area (Å²) in [5, 5.41) is 7.86. The van der Waals surface area contributed by atoms with E-state index in [0.29, 0.717) is 24.3 Å². The number of benzene rings is 3. The predicted octanol–water partition coefficient (Wildman–Crippen LogP) is 5.03. The van der Waals surface area contributed by atoms with E-state index in [-0.39, 0.29) is 16.8 Å². The molecule has 1 heterocycles. The third-order valence-corrected chi connectivity index (χ3v) is 7.88. The largest absolute Gasteiger partial charge is 0.384 e. The van der Waals surface area contributed by atoms with Gasteiger partial charge in [-0.2, -0.15) is 0 Å². The first-order chi connectivity index (χ1) is 17.0. The van der Waals surface area contributed by atoms with Gasteiger partial charge in [-0.1, -0.05) is 42.5 Å². The number of anilines is 2. The molecule has 0 atom stereocenters. The summed E-state index contributed by atoms with van der Waals surface area (Å²) >= 11 is 0. The van der Waals surface area contributed by atoms with Crippen LogP contribution in [0.4, 0.5) is 11.4 Å². The number of hydrogen-bond donors (Lipinski definition) is 3. The van der Waals surface area contributed by atoms with Crippen molar-refractivity contribution in [2.24, 2.45) is 5.73 Å². The van der Waals surface area contributed by atoms with Gasteiger partial charge in [-0.15, -0.1) is 0 Å². The zero-order valence-electron chi connectivity index (χ0n) is 21.0. The highest BCUT2D eigenvalue weighted by Gasteiger charge is 2.26. The fourth-order valence-electron chi connectivity index (χ4n) is 4.54. The fourth-order valence-corrected chi connectivity index (χ4v) is 6.19. The summed E-state index contributed by atoms with van der Waals surface area (Å²) in [7, 11) is -3.70. The summed E-state index contributed by atoms with van der Waals surface area (Å²) in [6, 6.07) is 23.0. The summed E-state index contributed by atoms with van der Waals surface area (Å²) < 4.78 is 34.6. The molecule has 0 saturated carbocycles. The number of nitrogens with one attached hydrogen (secondary N) is 2. The summed E-state index contributed by atoms with van der Waals surface area (Å²) in [4.78, 5) is 2.52. The van der Waals surface area contributed by atoms with Crippen molar-refractivity contribution in [3.05, 3.63) is 78.4 Å². The minimum absolute atomic E-state index is 0.0285. The SMILES string of the molecule is CC(C)(C)NS(=O)(=O)c1ccccc1-c1ccc(N(c2cccc(C(=N)N)c2)C2CCOCC2)cc1. The molecule has 0 spiro atoms. The van der Waals surface area contributed by atoms with Crippen LogP contribution >= 0.6 is 0 Å². The lowest BCUT2D eigenvalue weighted by atomic mass is 10.0. The molecule has 4 rings (SSSR count). The molecular formula is C28H34N4O3S. The normalized spacial score (nSPS) is 15.0. The lowest BCUT2D eigenvalue weighted by Gasteiger charge is -2.36. The lowest BCUT2D eigenvalue weighted by Crippen LogP contribution is -2.40. The molecule has 0 unspecified atom stereocenters. The average Bonchev–Trinajstić information content (AvgIpc) is 2.84. The third-order valence-electron chi connectivity index (χ3n) is 6.06. The molecule has 0 aromatic heterocycles. The smallest absolute Gasteiger partial charge is 0.241 e. The molecule has 0 bridgehead atoms.